The molecule has 1 aliphatic heterocycles. The van der Waals surface area contributed by atoms with Gasteiger partial charge in [0.1, 0.15) is 5.75 Å². The SMILES string of the molecule is CCCCC/C=C/C1COC(c2ccc(OC(=O)c3cc([N+](=O)[O-])c(OC(=O)[C@H](F)CCCC)cc3N)cc2)OC1. The van der Waals surface area contributed by atoms with Crippen LogP contribution < -0.4 is 15.2 Å². The Bertz CT molecular complexity index is 1210. The predicted molar refractivity (Wildman–Crippen MR) is 150 cm³/mol. The van der Waals surface area contributed by atoms with Gasteiger partial charge < -0.3 is 24.7 Å². The topological polar surface area (TPSA) is 140 Å². The Labute approximate surface area is 238 Å². The fraction of sp³-hybridized carbons (Fsp3) is 0.467. The van der Waals surface area contributed by atoms with E-state index in [1.807, 2.05) is 6.92 Å². The summed E-state index contributed by atoms with van der Waals surface area (Å²) in [5.41, 5.74) is 5.39. The van der Waals surface area contributed by atoms with E-state index in [1.165, 1.54) is 31.4 Å². The Morgan fingerprint density at radius 3 is 2.41 bits per heavy atom. The number of anilines is 1. The molecule has 1 heterocycles. The van der Waals surface area contributed by atoms with Gasteiger partial charge in [0.2, 0.25) is 5.75 Å². The zero-order chi connectivity index (χ0) is 29.8. The fourth-order valence-electron chi connectivity index (χ4n) is 4.14. The van der Waals surface area contributed by atoms with Crippen LogP contribution in [0, 0.1) is 16.0 Å². The van der Waals surface area contributed by atoms with Crippen LogP contribution in [0.5, 0.6) is 11.5 Å². The number of rotatable bonds is 14. The van der Waals surface area contributed by atoms with E-state index in [4.69, 9.17) is 24.7 Å². The third kappa shape index (κ3) is 9.36. The van der Waals surface area contributed by atoms with Gasteiger partial charge in [0.25, 0.3) is 0 Å². The molecule has 0 radical (unpaired) electrons. The maximum atomic E-state index is 14.0. The second-order valence-electron chi connectivity index (χ2n) is 9.84. The van der Waals surface area contributed by atoms with Crippen LogP contribution >= 0.6 is 0 Å². The number of nitro groups is 1. The predicted octanol–water partition coefficient (Wildman–Crippen LogP) is 6.63. The molecule has 41 heavy (non-hydrogen) atoms. The number of nitrogens with zero attached hydrogens (tertiary/aromatic N) is 1. The smallest absolute Gasteiger partial charge is 0.346 e. The lowest BCUT2D eigenvalue weighted by molar-refractivity contribution is -0.385. The Balaban J connectivity index is 1.60. The number of esters is 2. The number of benzene rings is 2. The number of carbonyl (C=O) groups is 2. The van der Waals surface area contributed by atoms with Gasteiger partial charge in [0.05, 0.1) is 29.4 Å². The molecule has 0 saturated carbocycles. The van der Waals surface area contributed by atoms with E-state index in [9.17, 15) is 24.1 Å². The van der Waals surface area contributed by atoms with Crippen molar-refractivity contribution in [2.75, 3.05) is 18.9 Å². The number of allylic oxidation sites excluding steroid dienone is 1. The number of halogens is 1. The van der Waals surface area contributed by atoms with Gasteiger partial charge >= 0.3 is 17.6 Å². The monoisotopic (exact) mass is 572 g/mol. The van der Waals surface area contributed by atoms with E-state index in [2.05, 4.69) is 19.1 Å². The van der Waals surface area contributed by atoms with Crippen molar-refractivity contribution in [3.63, 3.8) is 0 Å². The maximum absolute atomic E-state index is 14.0. The molecule has 2 aromatic carbocycles. The molecule has 3 rings (SSSR count). The summed E-state index contributed by atoms with van der Waals surface area (Å²) in [5.74, 6) is -2.43. The third-order valence-corrected chi connectivity index (χ3v) is 6.49. The Morgan fingerprint density at radius 1 is 1.10 bits per heavy atom. The van der Waals surface area contributed by atoms with Crippen LogP contribution in [0.1, 0.15) is 81.0 Å². The normalized spacial score (nSPS) is 17.7. The number of alkyl halides is 1. The van der Waals surface area contributed by atoms with Crippen molar-refractivity contribution in [3.8, 4) is 11.5 Å². The molecule has 2 N–H and O–H groups in total. The second-order valence-corrected chi connectivity index (χ2v) is 9.84. The molecule has 11 heteroatoms. The summed E-state index contributed by atoms with van der Waals surface area (Å²) in [5, 5.41) is 11.6. The highest BCUT2D eigenvalue weighted by atomic mass is 19.1. The van der Waals surface area contributed by atoms with E-state index < -0.39 is 40.8 Å². The van der Waals surface area contributed by atoms with E-state index in [-0.39, 0.29) is 29.3 Å². The summed E-state index contributed by atoms with van der Waals surface area (Å²) in [6.45, 7) is 5.06. The first-order chi connectivity index (χ1) is 19.7. The molecule has 1 saturated heterocycles. The summed E-state index contributed by atoms with van der Waals surface area (Å²) in [6.07, 6.45) is 7.48. The summed E-state index contributed by atoms with van der Waals surface area (Å²) < 4.78 is 36.0. The van der Waals surface area contributed by atoms with Crippen LogP contribution in [0.2, 0.25) is 0 Å². The molecular weight excluding hydrogens is 535 g/mol. The molecule has 0 aromatic heterocycles. The lowest BCUT2D eigenvalue weighted by Gasteiger charge is -2.28. The number of ether oxygens (including phenoxy) is 4. The van der Waals surface area contributed by atoms with Gasteiger partial charge in [0.15, 0.2) is 12.5 Å². The molecule has 1 aliphatic rings. The standard InChI is InChI=1S/C30H37FN2O8/c1-3-5-7-8-9-10-20-18-38-30(39-19-20)21-12-14-22(15-13-21)40-28(34)23-16-26(33(36)37)27(17-25(23)32)41-29(35)24(31)11-6-4-2/h9-10,12-17,20,24,30H,3-8,11,18-19,32H2,1-2H3/b10-9+/t20?,24-,30?/m1/s1. The molecule has 0 aliphatic carbocycles. The fourth-order valence-corrected chi connectivity index (χ4v) is 4.14. The minimum absolute atomic E-state index is 0.0716. The highest BCUT2D eigenvalue weighted by molar-refractivity contribution is 5.98. The van der Waals surface area contributed by atoms with Crippen molar-refractivity contribution < 1.29 is 37.9 Å². The van der Waals surface area contributed by atoms with Crippen molar-refractivity contribution in [3.05, 3.63) is 69.8 Å². The molecule has 1 fully saturated rings. The average Bonchev–Trinajstić information content (AvgIpc) is 2.96. The van der Waals surface area contributed by atoms with Crippen LogP contribution in [-0.4, -0.2) is 36.2 Å². The van der Waals surface area contributed by atoms with Crippen molar-refractivity contribution in [1.29, 1.82) is 0 Å². The van der Waals surface area contributed by atoms with Crippen molar-refractivity contribution in [2.24, 2.45) is 5.92 Å². The van der Waals surface area contributed by atoms with E-state index in [0.29, 0.717) is 26.1 Å². The lowest BCUT2D eigenvalue weighted by Crippen LogP contribution is -2.25. The first-order valence-electron chi connectivity index (χ1n) is 13.9. The molecule has 0 spiro atoms. The Morgan fingerprint density at radius 2 is 1.78 bits per heavy atom. The highest BCUT2D eigenvalue weighted by Gasteiger charge is 2.28. The molecule has 2 aromatic rings. The summed E-state index contributed by atoms with van der Waals surface area (Å²) >= 11 is 0. The molecule has 1 atom stereocenters. The van der Waals surface area contributed by atoms with Gasteiger partial charge in [-0.1, -0.05) is 63.8 Å². The minimum atomic E-state index is -1.94. The number of nitro benzene ring substituents is 1. The first-order valence-corrected chi connectivity index (χ1v) is 13.9. The van der Waals surface area contributed by atoms with Gasteiger partial charge in [-0.15, -0.1) is 0 Å². The van der Waals surface area contributed by atoms with Gasteiger partial charge in [-0.05, 0) is 31.4 Å². The van der Waals surface area contributed by atoms with Crippen LogP contribution in [0.3, 0.4) is 0 Å². The average molecular weight is 573 g/mol. The van der Waals surface area contributed by atoms with Crippen molar-refractivity contribution in [1.82, 2.24) is 0 Å². The molecule has 222 valence electrons. The molecule has 0 bridgehead atoms. The summed E-state index contributed by atoms with van der Waals surface area (Å²) in [7, 11) is 0. The maximum Gasteiger partial charge on any atom is 0.346 e. The number of hydrogen-bond acceptors (Lipinski definition) is 9. The summed E-state index contributed by atoms with van der Waals surface area (Å²) in [4.78, 5) is 35.5. The Kier molecular flexibility index (Phi) is 12.2. The van der Waals surface area contributed by atoms with Crippen LogP contribution in [0.4, 0.5) is 15.8 Å². The largest absolute Gasteiger partial charge is 0.423 e. The molecule has 0 unspecified atom stereocenters. The van der Waals surface area contributed by atoms with Crippen molar-refractivity contribution in [2.45, 2.75) is 71.3 Å². The Hall–Kier alpha value is -3.83. The van der Waals surface area contributed by atoms with Gasteiger partial charge in [-0.3, -0.25) is 10.1 Å². The third-order valence-electron chi connectivity index (χ3n) is 6.49. The van der Waals surface area contributed by atoms with Gasteiger partial charge in [-0.2, -0.15) is 0 Å². The lowest BCUT2D eigenvalue weighted by atomic mass is 10.1. The highest BCUT2D eigenvalue weighted by Crippen LogP contribution is 2.34. The first kappa shape index (κ1) is 31.7. The van der Waals surface area contributed by atoms with E-state index in [0.717, 1.165) is 24.1 Å². The molecular formula is C30H37FN2O8. The number of carbonyl (C=O) groups excluding carboxylic acids is 2. The summed E-state index contributed by atoms with van der Waals surface area (Å²) in [6, 6.07) is 8.24. The van der Waals surface area contributed by atoms with Crippen molar-refractivity contribution >= 4 is 23.3 Å². The van der Waals surface area contributed by atoms with Gasteiger partial charge in [0, 0.05) is 23.6 Å². The van der Waals surface area contributed by atoms with Crippen LogP contribution in [-0.2, 0) is 14.3 Å². The number of nitrogen functional groups attached to an aromatic ring is 1. The van der Waals surface area contributed by atoms with E-state index >= 15 is 0 Å². The van der Waals surface area contributed by atoms with E-state index in [1.54, 1.807) is 12.1 Å². The quantitative estimate of drug-likeness (QED) is 0.0502. The van der Waals surface area contributed by atoms with Crippen LogP contribution in [0.15, 0.2) is 48.6 Å². The molecule has 0 amide bonds. The second kappa shape index (κ2) is 15.8. The zero-order valence-corrected chi connectivity index (χ0v) is 23.4. The minimum Gasteiger partial charge on any atom is -0.423 e. The van der Waals surface area contributed by atoms with Gasteiger partial charge in [-0.25, -0.2) is 14.0 Å². The number of unbranched alkanes of at least 4 members (excludes halogenated alkanes) is 4. The zero-order valence-electron chi connectivity index (χ0n) is 23.4. The number of hydrogen-bond donors (Lipinski definition) is 1. The van der Waals surface area contributed by atoms with Crippen LogP contribution in [0.25, 0.3) is 0 Å². The molecule has 10 nitrogen and oxygen atoms in total. The number of nitrogens with two attached hydrogens (primary N) is 1.